The fourth-order valence-electron chi connectivity index (χ4n) is 2.66. The zero-order valence-corrected chi connectivity index (χ0v) is 13.7. The molecular formula is C20H27N. The maximum atomic E-state index is 3.67. The molecule has 1 N–H and O–H groups in total. The molecule has 0 heterocycles. The van der Waals surface area contributed by atoms with E-state index < -0.39 is 0 Å². The molecule has 0 aliphatic carbocycles. The van der Waals surface area contributed by atoms with Crippen LogP contribution in [0.3, 0.4) is 0 Å². The van der Waals surface area contributed by atoms with Crippen LogP contribution >= 0.6 is 0 Å². The zero-order valence-electron chi connectivity index (χ0n) is 13.7. The Morgan fingerprint density at radius 3 is 2.14 bits per heavy atom. The average Bonchev–Trinajstić information content (AvgIpc) is 2.44. The minimum absolute atomic E-state index is 0.150. The molecule has 0 aliphatic heterocycles. The van der Waals surface area contributed by atoms with Gasteiger partial charge in [-0.05, 0) is 50.8 Å². The molecule has 1 heteroatoms. The molecule has 0 bridgehead atoms. The van der Waals surface area contributed by atoms with Crippen LogP contribution in [0.4, 0.5) is 0 Å². The fraction of sp³-hybridized carbons (Fsp3) is 0.400. The Morgan fingerprint density at radius 1 is 0.905 bits per heavy atom. The maximum Gasteiger partial charge on any atom is 0.00967 e. The van der Waals surface area contributed by atoms with Gasteiger partial charge in [0.2, 0.25) is 0 Å². The minimum Gasteiger partial charge on any atom is -0.311 e. The Hall–Kier alpha value is -1.60. The Bertz CT molecular complexity index is 552. The van der Waals surface area contributed by atoms with Crippen molar-refractivity contribution in [1.29, 1.82) is 0 Å². The van der Waals surface area contributed by atoms with Gasteiger partial charge in [-0.25, -0.2) is 0 Å². The van der Waals surface area contributed by atoms with E-state index in [4.69, 9.17) is 0 Å². The van der Waals surface area contributed by atoms with Gasteiger partial charge in [0.05, 0.1) is 0 Å². The van der Waals surface area contributed by atoms with Gasteiger partial charge in [-0.3, -0.25) is 0 Å². The van der Waals surface area contributed by atoms with Crippen molar-refractivity contribution < 1.29 is 0 Å². The van der Waals surface area contributed by atoms with Crippen LogP contribution in [0.2, 0.25) is 0 Å². The summed E-state index contributed by atoms with van der Waals surface area (Å²) >= 11 is 0. The van der Waals surface area contributed by atoms with Crippen molar-refractivity contribution in [2.75, 3.05) is 6.54 Å². The van der Waals surface area contributed by atoms with Crippen molar-refractivity contribution in [2.45, 2.75) is 45.6 Å². The van der Waals surface area contributed by atoms with Crippen LogP contribution in [0.1, 0.15) is 43.4 Å². The van der Waals surface area contributed by atoms with E-state index in [9.17, 15) is 0 Å². The van der Waals surface area contributed by atoms with E-state index in [-0.39, 0.29) is 5.54 Å². The van der Waals surface area contributed by atoms with Gasteiger partial charge >= 0.3 is 0 Å². The predicted octanol–water partition coefficient (Wildman–Crippen LogP) is 4.71. The molecular weight excluding hydrogens is 254 g/mol. The second-order valence-electron chi connectivity index (χ2n) is 6.87. The lowest BCUT2D eigenvalue weighted by atomic mass is 9.88. The summed E-state index contributed by atoms with van der Waals surface area (Å²) in [6, 6.07) is 19.5. The summed E-state index contributed by atoms with van der Waals surface area (Å²) in [5.74, 6) is 0.507. The lowest BCUT2D eigenvalue weighted by Crippen LogP contribution is -2.39. The quantitative estimate of drug-likeness (QED) is 0.837. The summed E-state index contributed by atoms with van der Waals surface area (Å²) in [6.45, 7) is 9.90. The summed E-state index contributed by atoms with van der Waals surface area (Å²) in [5.41, 5.74) is 4.39. The van der Waals surface area contributed by atoms with Gasteiger partial charge in [-0.15, -0.1) is 0 Å². The van der Waals surface area contributed by atoms with Crippen molar-refractivity contribution >= 4 is 0 Å². The number of rotatable bonds is 5. The number of aryl methyl sites for hydroxylation is 1. The van der Waals surface area contributed by atoms with Crippen molar-refractivity contribution in [3.8, 4) is 0 Å². The summed E-state index contributed by atoms with van der Waals surface area (Å²) in [5, 5.41) is 3.67. The van der Waals surface area contributed by atoms with Gasteiger partial charge in [-0.1, -0.05) is 54.6 Å². The number of hydrogen-bond donors (Lipinski definition) is 1. The lowest BCUT2D eigenvalue weighted by Gasteiger charge is -2.26. The molecule has 1 unspecified atom stereocenters. The molecule has 0 saturated heterocycles. The first kappa shape index (κ1) is 15.8. The Morgan fingerprint density at radius 2 is 1.52 bits per heavy atom. The molecule has 1 nitrogen and oxygen atoms in total. The predicted molar refractivity (Wildman–Crippen MR) is 91.8 cm³/mol. The smallest absolute Gasteiger partial charge is 0.00967 e. The summed E-state index contributed by atoms with van der Waals surface area (Å²) in [7, 11) is 0. The molecule has 0 amide bonds. The number of nitrogens with one attached hydrogen (secondary N) is 1. The molecule has 0 aliphatic rings. The normalized spacial score (nSPS) is 13.1. The standard InChI is InChI=1S/C20H27N/c1-16-10-8-9-13-19(16)18(15-21-20(2,3)4)14-17-11-6-5-7-12-17/h5-13,18,21H,14-15H2,1-4H3. The van der Waals surface area contributed by atoms with Crippen LogP contribution in [0.5, 0.6) is 0 Å². The number of hydrogen-bond acceptors (Lipinski definition) is 1. The Labute approximate surface area is 129 Å². The second-order valence-corrected chi connectivity index (χ2v) is 6.87. The van der Waals surface area contributed by atoms with Crippen molar-refractivity contribution in [3.63, 3.8) is 0 Å². The molecule has 2 rings (SSSR count). The Balaban J connectivity index is 2.20. The Kier molecular flexibility index (Phi) is 5.19. The first-order valence-electron chi connectivity index (χ1n) is 7.80. The number of benzene rings is 2. The first-order chi connectivity index (χ1) is 9.96. The zero-order chi connectivity index (χ0) is 15.3. The van der Waals surface area contributed by atoms with E-state index in [1.54, 1.807) is 0 Å². The van der Waals surface area contributed by atoms with Gasteiger partial charge < -0.3 is 5.32 Å². The SMILES string of the molecule is Cc1ccccc1C(CNC(C)(C)C)Cc1ccccc1. The fourth-order valence-corrected chi connectivity index (χ4v) is 2.66. The topological polar surface area (TPSA) is 12.0 Å². The van der Waals surface area contributed by atoms with E-state index in [1.807, 2.05) is 0 Å². The average molecular weight is 281 g/mol. The van der Waals surface area contributed by atoms with E-state index in [1.165, 1.54) is 16.7 Å². The van der Waals surface area contributed by atoms with E-state index in [2.05, 4.69) is 87.6 Å². The van der Waals surface area contributed by atoms with Crippen molar-refractivity contribution in [3.05, 3.63) is 71.3 Å². The second kappa shape index (κ2) is 6.91. The van der Waals surface area contributed by atoms with E-state index >= 15 is 0 Å². The van der Waals surface area contributed by atoms with E-state index in [0.717, 1.165) is 13.0 Å². The molecule has 0 aromatic heterocycles. The summed E-state index contributed by atoms with van der Waals surface area (Å²) in [4.78, 5) is 0. The highest BCUT2D eigenvalue weighted by Gasteiger charge is 2.17. The van der Waals surface area contributed by atoms with Gasteiger partial charge in [0.1, 0.15) is 0 Å². The van der Waals surface area contributed by atoms with Gasteiger partial charge in [0.15, 0.2) is 0 Å². The van der Waals surface area contributed by atoms with Gasteiger partial charge in [0, 0.05) is 18.0 Å². The van der Waals surface area contributed by atoms with E-state index in [0.29, 0.717) is 5.92 Å². The van der Waals surface area contributed by atoms with Crippen LogP contribution in [0.15, 0.2) is 54.6 Å². The molecule has 2 aromatic rings. The summed E-state index contributed by atoms with van der Waals surface area (Å²) in [6.07, 6.45) is 1.08. The highest BCUT2D eigenvalue weighted by atomic mass is 14.9. The van der Waals surface area contributed by atoms with Crippen LogP contribution in [0, 0.1) is 6.92 Å². The highest BCUT2D eigenvalue weighted by molar-refractivity contribution is 5.31. The highest BCUT2D eigenvalue weighted by Crippen LogP contribution is 2.24. The molecule has 0 spiro atoms. The molecule has 112 valence electrons. The summed E-state index contributed by atoms with van der Waals surface area (Å²) < 4.78 is 0. The molecule has 0 fully saturated rings. The lowest BCUT2D eigenvalue weighted by molar-refractivity contribution is 0.404. The first-order valence-corrected chi connectivity index (χ1v) is 7.80. The van der Waals surface area contributed by atoms with Crippen LogP contribution in [-0.2, 0) is 6.42 Å². The minimum atomic E-state index is 0.150. The van der Waals surface area contributed by atoms with Crippen molar-refractivity contribution in [2.24, 2.45) is 0 Å². The monoisotopic (exact) mass is 281 g/mol. The third-order valence-electron chi connectivity index (χ3n) is 3.83. The molecule has 0 saturated carbocycles. The third-order valence-corrected chi connectivity index (χ3v) is 3.83. The molecule has 21 heavy (non-hydrogen) atoms. The van der Waals surface area contributed by atoms with Gasteiger partial charge in [0.25, 0.3) is 0 Å². The third kappa shape index (κ3) is 5.02. The van der Waals surface area contributed by atoms with Crippen LogP contribution in [0.25, 0.3) is 0 Å². The molecule has 1 atom stereocenters. The maximum absolute atomic E-state index is 3.67. The molecule has 0 radical (unpaired) electrons. The van der Waals surface area contributed by atoms with Crippen LogP contribution in [-0.4, -0.2) is 12.1 Å². The largest absolute Gasteiger partial charge is 0.311 e. The van der Waals surface area contributed by atoms with Gasteiger partial charge in [-0.2, -0.15) is 0 Å². The van der Waals surface area contributed by atoms with Crippen LogP contribution < -0.4 is 5.32 Å². The molecule has 2 aromatic carbocycles. The van der Waals surface area contributed by atoms with Crippen molar-refractivity contribution in [1.82, 2.24) is 5.32 Å².